The van der Waals surface area contributed by atoms with E-state index in [0.29, 0.717) is 11.5 Å². The quantitative estimate of drug-likeness (QED) is 0.0476. The van der Waals surface area contributed by atoms with Gasteiger partial charge in [0, 0.05) is 41.0 Å². The Bertz CT molecular complexity index is 2550. The number of methoxy groups -OCH3 is 6. The molecule has 0 aromatic heterocycles. The molecule has 0 atom stereocenters. The minimum absolute atomic E-state index is 0. The van der Waals surface area contributed by atoms with Gasteiger partial charge in [-0.05, 0) is 101 Å². The summed E-state index contributed by atoms with van der Waals surface area (Å²) >= 11 is 13.8. The van der Waals surface area contributed by atoms with Crippen molar-refractivity contribution in [2.24, 2.45) is 5.14 Å². The smallest absolute Gasteiger partial charge is 0.744 e. The number of aryl methyl sites for hydroxylation is 1. The van der Waals surface area contributed by atoms with Gasteiger partial charge in [-0.1, -0.05) is 27.0 Å². The molecule has 0 saturated heterocycles. The fourth-order valence-electron chi connectivity index (χ4n) is 4.03. The molecule has 5 rings (SSSR count). The Kier molecular flexibility index (Phi) is 35.2. The summed E-state index contributed by atoms with van der Waals surface area (Å²) in [5.74, 6) is 2.17. The van der Waals surface area contributed by atoms with Crippen LogP contribution in [0.25, 0.3) is 0 Å². The standard InChI is InChI=1S/C8H9ClO4S.C8H10O5S.C8H10O2.C7H8O2.C6H7NO4S.2CH4.Cl3OP.K/c2*1-12-6-3-4-8(14(9,10)11)7(5-6)13-2;1-9-7-4-3-5-8(6-7)10-2;1-5-2-3-6(8)4-7(5)9;7-12(10,11)6-2-1-4(8)3-5(6)9;;;1-5(2,3)4;/h3-5H,1-2H3;3-5H,1-2H3,(H,9,10,11);3-6H,1-2H3;2-4,8-9H,1H3;1-3,8-9H,(H2,7,10,11);2*1H4;;/q;;;;;;;;+1/p-1. The molecule has 0 fully saturated rings. The van der Waals surface area contributed by atoms with E-state index in [0.717, 1.165) is 41.3 Å². The fourth-order valence-corrected chi connectivity index (χ4v) is 6.26. The van der Waals surface area contributed by atoms with Crippen LogP contribution in [-0.2, 0) is 33.8 Å². The van der Waals surface area contributed by atoms with E-state index in [1.165, 1.54) is 70.9 Å². The number of ether oxygens (including phenoxy) is 6. The van der Waals surface area contributed by atoms with Crippen molar-refractivity contribution in [2.75, 3.05) is 42.7 Å². The molecule has 0 aliphatic carbocycles. The van der Waals surface area contributed by atoms with E-state index in [9.17, 15) is 34.4 Å². The third-order valence-corrected chi connectivity index (χ3v) is 10.2. The number of aromatic hydroxyl groups is 4. The molecule has 0 bridgehead atoms. The van der Waals surface area contributed by atoms with Crippen molar-refractivity contribution >= 4 is 78.8 Å². The monoisotopic (exact) mass is 1130 g/mol. The van der Waals surface area contributed by atoms with Gasteiger partial charge in [0.05, 0.1) is 47.6 Å². The number of sulfonamides is 1. The fraction of sp³-hybridized carbons (Fsp3) is 0.231. The summed E-state index contributed by atoms with van der Waals surface area (Å²) in [5.41, 5.74) is 0.771. The zero-order valence-electron chi connectivity index (χ0n) is 35.5. The molecule has 28 heteroatoms. The van der Waals surface area contributed by atoms with Crippen molar-refractivity contribution in [2.45, 2.75) is 36.5 Å². The summed E-state index contributed by atoms with van der Waals surface area (Å²) in [6.07, 6.45) is 0. The summed E-state index contributed by atoms with van der Waals surface area (Å²) in [6, 6.07) is 23.2. The second-order valence-electron chi connectivity index (χ2n) is 11.4. The van der Waals surface area contributed by atoms with Crippen molar-refractivity contribution in [3.63, 3.8) is 0 Å². The third kappa shape index (κ3) is 29.5. The van der Waals surface area contributed by atoms with Gasteiger partial charge in [0.25, 0.3) is 9.05 Å². The van der Waals surface area contributed by atoms with Crippen molar-refractivity contribution in [1.29, 1.82) is 0 Å². The Morgan fingerprint density at radius 2 is 0.881 bits per heavy atom. The first-order chi connectivity index (χ1) is 29.4. The van der Waals surface area contributed by atoms with Gasteiger partial charge in [-0.2, -0.15) is 0 Å². The Balaban J connectivity index is -0.000000360. The van der Waals surface area contributed by atoms with Crippen LogP contribution < -0.4 is 84.9 Å². The molecule has 67 heavy (non-hydrogen) atoms. The van der Waals surface area contributed by atoms with Crippen LogP contribution in [0.3, 0.4) is 0 Å². The summed E-state index contributed by atoms with van der Waals surface area (Å²) in [7, 11) is 1.81. The van der Waals surface area contributed by atoms with E-state index in [2.05, 4.69) is 33.7 Å². The number of nitrogens with two attached hydrogens (primary N) is 1. The van der Waals surface area contributed by atoms with E-state index < -0.39 is 45.0 Å². The molecule has 0 saturated carbocycles. The van der Waals surface area contributed by atoms with Gasteiger partial charge in [-0.25, -0.2) is 30.4 Å². The second kappa shape index (κ2) is 33.4. The minimum Gasteiger partial charge on any atom is -0.744 e. The molecular formula is C39H51Cl4KNO18PS3. The number of hydrogen-bond acceptors (Lipinski definition) is 18. The van der Waals surface area contributed by atoms with Crippen LogP contribution in [0, 0.1) is 6.92 Å². The van der Waals surface area contributed by atoms with E-state index in [4.69, 9.17) is 64.7 Å². The summed E-state index contributed by atoms with van der Waals surface area (Å²) in [5, 5.41) is 37.0. The van der Waals surface area contributed by atoms with E-state index >= 15 is 0 Å². The van der Waals surface area contributed by atoms with Crippen LogP contribution >= 0.6 is 49.6 Å². The molecule has 5 aromatic rings. The Morgan fingerprint density at radius 1 is 0.537 bits per heavy atom. The Morgan fingerprint density at radius 3 is 1.19 bits per heavy atom. The van der Waals surface area contributed by atoms with E-state index in [-0.39, 0.29) is 105 Å². The number of hydrogen-bond donors (Lipinski definition) is 5. The maximum atomic E-state index is 11.1. The van der Waals surface area contributed by atoms with Crippen molar-refractivity contribution in [3.8, 4) is 57.5 Å². The van der Waals surface area contributed by atoms with Crippen LogP contribution in [0.1, 0.15) is 20.4 Å². The van der Waals surface area contributed by atoms with Gasteiger partial charge in [-0.15, -0.1) is 0 Å². The number of rotatable bonds is 9. The van der Waals surface area contributed by atoms with Gasteiger partial charge in [0.2, 0.25) is 10.0 Å². The number of primary sulfonamides is 1. The van der Waals surface area contributed by atoms with Gasteiger partial charge < -0.3 is 53.4 Å². The van der Waals surface area contributed by atoms with Crippen LogP contribution in [0.2, 0.25) is 0 Å². The predicted molar refractivity (Wildman–Crippen MR) is 254 cm³/mol. The maximum Gasteiger partial charge on any atom is 1.00 e. The molecule has 6 N–H and O–H groups in total. The zero-order valence-corrected chi connectivity index (χ0v) is 45.0. The molecular weight excluding hydrogens is 1080 g/mol. The van der Waals surface area contributed by atoms with Crippen LogP contribution in [0.4, 0.5) is 0 Å². The first kappa shape index (κ1) is 70.5. The third-order valence-electron chi connectivity index (χ3n) is 6.99. The largest absolute Gasteiger partial charge is 1.00 e. The van der Waals surface area contributed by atoms with Gasteiger partial charge in [0.15, 0.2) is 0 Å². The van der Waals surface area contributed by atoms with E-state index in [1.807, 2.05) is 24.3 Å². The molecule has 0 aliphatic heterocycles. The van der Waals surface area contributed by atoms with Crippen LogP contribution in [-0.4, -0.2) is 92.9 Å². The van der Waals surface area contributed by atoms with Gasteiger partial charge in [0.1, 0.15) is 77.4 Å². The molecule has 0 heterocycles. The molecule has 0 unspecified atom stereocenters. The van der Waals surface area contributed by atoms with Crippen molar-refractivity contribution < 1.29 is 135 Å². The second-order valence-corrected chi connectivity index (χ2v) is 23.4. The topological polar surface area (TPSA) is 305 Å². The van der Waals surface area contributed by atoms with Crippen molar-refractivity contribution in [1.82, 2.24) is 0 Å². The molecule has 0 aliphatic rings. The summed E-state index contributed by atoms with van der Waals surface area (Å²) < 4.78 is 115. The average molecular weight is 1130 g/mol. The first-order valence-electron chi connectivity index (χ1n) is 16.7. The number of phenolic OH excluding ortho intramolecular Hbond substituents is 4. The minimum atomic E-state index is -4.50. The molecule has 19 nitrogen and oxygen atoms in total. The number of benzene rings is 5. The maximum absolute atomic E-state index is 11.1. The summed E-state index contributed by atoms with van der Waals surface area (Å²) in [6.45, 7) is 1.77. The SMILES string of the molecule is C.C.COc1ccc(S(=O)(=O)Cl)c(OC)c1.COc1ccc(S(=O)(=O)[O-])c(OC)c1.COc1cccc(OC)c1.Cc1ccc(O)cc1O.NS(=O)(=O)c1ccc(O)cc1O.O=P(Cl)(Cl)Cl.[K+]. The first-order valence-corrected chi connectivity index (χ1v) is 26.4. The molecule has 0 spiro atoms. The molecule has 372 valence electrons. The van der Waals surface area contributed by atoms with Gasteiger partial charge >= 0.3 is 56.6 Å². The predicted octanol–water partition coefficient (Wildman–Crippen LogP) is 6.18. The molecule has 0 amide bonds. The van der Waals surface area contributed by atoms with Crippen molar-refractivity contribution in [3.05, 3.63) is 103 Å². The Hall–Kier alpha value is -3.10. The average Bonchev–Trinajstić information content (AvgIpc) is 3.20. The normalized spacial score (nSPS) is 10.2. The summed E-state index contributed by atoms with van der Waals surface area (Å²) in [4.78, 5) is -0.858. The molecule has 5 aromatic carbocycles. The number of halogens is 4. The number of phenols is 4. The van der Waals surface area contributed by atoms with Gasteiger partial charge in [-0.3, -0.25) is 4.57 Å². The van der Waals surface area contributed by atoms with E-state index in [1.54, 1.807) is 27.2 Å². The Labute approximate surface area is 453 Å². The van der Waals surface area contributed by atoms with Crippen LogP contribution in [0.15, 0.2) is 112 Å². The molecule has 0 radical (unpaired) electrons. The van der Waals surface area contributed by atoms with Crippen LogP contribution in [0.5, 0.6) is 57.5 Å². The zero-order chi connectivity index (χ0) is 49.6.